The molecule has 7 heteroatoms. The van der Waals surface area contributed by atoms with Crippen molar-refractivity contribution in [3.8, 4) is 0 Å². The van der Waals surface area contributed by atoms with Gasteiger partial charge in [0.05, 0.1) is 36.7 Å². The summed E-state index contributed by atoms with van der Waals surface area (Å²) in [6.45, 7) is 8.18. The lowest BCUT2D eigenvalue weighted by atomic mass is 9.96. The first-order valence-electron chi connectivity index (χ1n) is 8.65. The van der Waals surface area contributed by atoms with Crippen molar-refractivity contribution in [3.63, 3.8) is 0 Å². The molecule has 1 aromatic heterocycles. The van der Waals surface area contributed by atoms with Gasteiger partial charge in [-0.15, -0.1) is 0 Å². The number of hydrogen-bond acceptors (Lipinski definition) is 4. The molecule has 128 valence electrons. The van der Waals surface area contributed by atoms with Crippen LogP contribution in [-0.2, 0) is 11.3 Å². The van der Waals surface area contributed by atoms with Crippen molar-refractivity contribution in [1.29, 1.82) is 0 Å². The summed E-state index contributed by atoms with van der Waals surface area (Å²) in [4.78, 5) is 14.4. The van der Waals surface area contributed by atoms with Gasteiger partial charge in [-0.1, -0.05) is 13.8 Å². The van der Waals surface area contributed by atoms with E-state index in [1.54, 1.807) is 6.20 Å². The first kappa shape index (κ1) is 16.3. The monoisotopic (exact) mass is 321 g/mol. The van der Waals surface area contributed by atoms with E-state index in [2.05, 4.69) is 34.5 Å². The lowest BCUT2D eigenvalue weighted by molar-refractivity contribution is 0.0984. The summed E-state index contributed by atoms with van der Waals surface area (Å²) in [5, 5.41) is 10.2. The molecular formula is C16H27N5O2. The number of fused-ring (bicyclic) bond motifs is 2. The molecule has 2 aliphatic rings. The second-order valence-corrected chi connectivity index (χ2v) is 6.33. The van der Waals surface area contributed by atoms with Crippen LogP contribution in [0.4, 0.5) is 10.5 Å². The van der Waals surface area contributed by atoms with Crippen LogP contribution in [0.25, 0.3) is 0 Å². The minimum Gasteiger partial charge on any atom is -0.373 e. The van der Waals surface area contributed by atoms with Crippen LogP contribution in [0.1, 0.15) is 33.1 Å². The van der Waals surface area contributed by atoms with Crippen LogP contribution < -0.4 is 10.6 Å². The molecule has 2 bridgehead atoms. The van der Waals surface area contributed by atoms with Crippen LogP contribution in [0.15, 0.2) is 12.4 Å². The third-order valence-electron chi connectivity index (χ3n) is 4.85. The van der Waals surface area contributed by atoms with E-state index in [4.69, 9.17) is 4.74 Å². The van der Waals surface area contributed by atoms with Crippen LogP contribution in [-0.4, -0.2) is 58.6 Å². The maximum Gasteiger partial charge on any atom is 0.319 e. The highest BCUT2D eigenvalue weighted by Gasteiger charge is 2.41. The van der Waals surface area contributed by atoms with Crippen molar-refractivity contribution in [1.82, 2.24) is 20.0 Å². The van der Waals surface area contributed by atoms with Crippen LogP contribution >= 0.6 is 0 Å². The number of nitrogens with one attached hydrogen (secondary N) is 2. The summed E-state index contributed by atoms with van der Waals surface area (Å²) in [5.41, 5.74) is 0.728. The molecule has 0 radical (unpaired) electrons. The maximum absolute atomic E-state index is 12.1. The molecule has 2 aliphatic heterocycles. The number of carbonyl (C=O) groups is 1. The van der Waals surface area contributed by atoms with E-state index in [1.807, 2.05) is 10.9 Å². The summed E-state index contributed by atoms with van der Waals surface area (Å²) < 4.78 is 7.62. The topological polar surface area (TPSA) is 71.4 Å². The zero-order valence-corrected chi connectivity index (χ0v) is 14.0. The SMILES string of the molecule is CCN(CC)CCn1cc(NC(=O)N[C@H]2C[C@H]3CC[C@H]2O3)cn1. The van der Waals surface area contributed by atoms with Gasteiger partial charge < -0.3 is 20.3 Å². The van der Waals surface area contributed by atoms with Crippen molar-refractivity contribution < 1.29 is 9.53 Å². The maximum atomic E-state index is 12.1. The van der Waals surface area contributed by atoms with E-state index < -0.39 is 0 Å². The predicted octanol–water partition coefficient (Wildman–Crippen LogP) is 1.67. The largest absolute Gasteiger partial charge is 0.373 e. The van der Waals surface area contributed by atoms with Gasteiger partial charge in [-0.25, -0.2) is 4.79 Å². The van der Waals surface area contributed by atoms with Gasteiger partial charge >= 0.3 is 6.03 Å². The fourth-order valence-electron chi connectivity index (χ4n) is 3.46. The third kappa shape index (κ3) is 4.03. The first-order valence-corrected chi connectivity index (χ1v) is 8.65. The smallest absolute Gasteiger partial charge is 0.319 e. The normalized spacial score (nSPS) is 26.0. The molecule has 1 aromatic rings. The highest BCUT2D eigenvalue weighted by Crippen LogP contribution is 2.34. The average Bonchev–Trinajstić information content (AvgIpc) is 3.25. The first-order chi connectivity index (χ1) is 11.2. The summed E-state index contributed by atoms with van der Waals surface area (Å²) >= 11 is 0. The Labute approximate surface area is 137 Å². The molecule has 3 atom stereocenters. The quantitative estimate of drug-likeness (QED) is 0.801. The second kappa shape index (κ2) is 7.31. The van der Waals surface area contributed by atoms with Crippen LogP contribution in [0.5, 0.6) is 0 Å². The van der Waals surface area contributed by atoms with Crippen LogP contribution in [0, 0.1) is 0 Å². The summed E-state index contributed by atoms with van der Waals surface area (Å²) in [7, 11) is 0. The summed E-state index contributed by atoms with van der Waals surface area (Å²) in [5.74, 6) is 0. The molecular weight excluding hydrogens is 294 g/mol. The van der Waals surface area contributed by atoms with Crippen molar-refractivity contribution in [2.24, 2.45) is 0 Å². The van der Waals surface area contributed by atoms with Crippen LogP contribution in [0.2, 0.25) is 0 Å². The Hall–Kier alpha value is -1.60. The number of hydrogen-bond donors (Lipinski definition) is 2. The van der Waals surface area contributed by atoms with Crippen molar-refractivity contribution >= 4 is 11.7 Å². The summed E-state index contributed by atoms with van der Waals surface area (Å²) in [6.07, 6.45) is 7.22. The van der Waals surface area contributed by atoms with E-state index in [9.17, 15) is 4.79 Å². The molecule has 0 spiro atoms. The Morgan fingerprint density at radius 2 is 2.26 bits per heavy atom. The molecule has 2 amide bonds. The Bertz CT molecular complexity index is 528. The molecule has 2 N–H and O–H groups in total. The van der Waals surface area contributed by atoms with Gasteiger partial charge in [-0.05, 0) is 32.4 Å². The molecule has 2 fully saturated rings. The minimum atomic E-state index is -0.172. The van der Waals surface area contributed by atoms with E-state index in [0.29, 0.717) is 6.10 Å². The Balaban J connectivity index is 1.44. The van der Waals surface area contributed by atoms with E-state index in [1.165, 1.54) is 0 Å². The predicted molar refractivity (Wildman–Crippen MR) is 88.5 cm³/mol. The molecule has 3 heterocycles. The number of ether oxygens (including phenoxy) is 1. The zero-order chi connectivity index (χ0) is 16.2. The molecule has 2 saturated heterocycles. The standard InChI is InChI=1S/C16H27N5O2/c1-3-20(4-2)7-8-21-11-12(10-17-21)18-16(22)19-14-9-13-5-6-15(14)23-13/h10-11,13-15H,3-9H2,1-2H3,(H2,18,19,22)/t13-,14+,15-/m1/s1. The number of aromatic nitrogens is 2. The number of carbonyl (C=O) groups excluding carboxylic acids is 1. The number of likely N-dealkylation sites (N-methyl/N-ethyl adjacent to an activating group) is 1. The number of rotatable bonds is 7. The molecule has 0 saturated carbocycles. The molecule has 0 aromatic carbocycles. The Morgan fingerprint density at radius 1 is 1.43 bits per heavy atom. The van der Waals surface area contributed by atoms with Crippen LogP contribution in [0.3, 0.4) is 0 Å². The van der Waals surface area contributed by atoms with Gasteiger partial charge in [0.2, 0.25) is 0 Å². The van der Waals surface area contributed by atoms with Gasteiger partial charge in [-0.2, -0.15) is 5.10 Å². The lowest BCUT2D eigenvalue weighted by Gasteiger charge is -2.19. The van der Waals surface area contributed by atoms with Gasteiger partial charge in [0.15, 0.2) is 0 Å². The molecule has 0 aliphatic carbocycles. The number of nitrogens with zero attached hydrogens (tertiary/aromatic N) is 3. The fraction of sp³-hybridized carbons (Fsp3) is 0.750. The fourth-order valence-corrected chi connectivity index (χ4v) is 3.46. The lowest BCUT2D eigenvalue weighted by Crippen LogP contribution is -2.43. The number of amides is 2. The van der Waals surface area contributed by atoms with Crippen molar-refractivity contribution in [3.05, 3.63) is 12.4 Å². The molecule has 3 rings (SSSR count). The molecule has 0 unspecified atom stereocenters. The summed E-state index contributed by atoms with van der Waals surface area (Å²) in [6, 6.07) is -0.0269. The second-order valence-electron chi connectivity index (χ2n) is 6.33. The minimum absolute atomic E-state index is 0.145. The average molecular weight is 321 g/mol. The van der Waals surface area contributed by atoms with E-state index in [-0.39, 0.29) is 18.2 Å². The van der Waals surface area contributed by atoms with E-state index in [0.717, 1.165) is 51.1 Å². The van der Waals surface area contributed by atoms with Gasteiger partial charge in [0, 0.05) is 12.7 Å². The molecule has 7 nitrogen and oxygen atoms in total. The number of urea groups is 1. The zero-order valence-electron chi connectivity index (χ0n) is 14.0. The Kier molecular flexibility index (Phi) is 5.17. The van der Waals surface area contributed by atoms with Gasteiger partial charge in [0.1, 0.15) is 0 Å². The van der Waals surface area contributed by atoms with Crippen molar-refractivity contribution in [2.45, 2.75) is 57.9 Å². The molecule has 23 heavy (non-hydrogen) atoms. The Morgan fingerprint density at radius 3 is 2.91 bits per heavy atom. The van der Waals surface area contributed by atoms with E-state index >= 15 is 0 Å². The van der Waals surface area contributed by atoms with Gasteiger partial charge in [0.25, 0.3) is 0 Å². The third-order valence-corrected chi connectivity index (χ3v) is 4.85. The van der Waals surface area contributed by atoms with Crippen molar-refractivity contribution in [2.75, 3.05) is 25.0 Å². The highest BCUT2D eigenvalue weighted by atomic mass is 16.5. The number of anilines is 1. The highest BCUT2D eigenvalue weighted by molar-refractivity contribution is 5.89. The van der Waals surface area contributed by atoms with Gasteiger partial charge in [-0.3, -0.25) is 4.68 Å².